The summed E-state index contributed by atoms with van der Waals surface area (Å²) >= 11 is 0. The van der Waals surface area contributed by atoms with Crippen LogP contribution in [0.25, 0.3) is 0 Å². The molecule has 2 aromatic rings. The summed E-state index contributed by atoms with van der Waals surface area (Å²) in [5.74, 6) is 1.69. The molecule has 0 aliphatic rings. The van der Waals surface area contributed by atoms with Crippen LogP contribution in [0.1, 0.15) is 23.1 Å². The molecule has 2 N–H and O–H groups in total. The fraction of sp³-hybridized carbons (Fsp3) is 0.368. The Morgan fingerprint density at radius 1 is 0.720 bits per heavy atom. The normalized spacial score (nSPS) is 13.0. The van der Waals surface area contributed by atoms with Gasteiger partial charge in [0.15, 0.2) is 23.0 Å². The fourth-order valence-electron chi connectivity index (χ4n) is 2.74. The predicted octanol–water partition coefficient (Wildman–Crippen LogP) is 2.53. The smallest absolute Gasteiger partial charge is 0.161 e. The molecule has 25 heavy (non-hydrogen) atoms. The minimum Gasteiger partial charge on any atom is -0.493 e. The minimum atomic E-state index is -0.928. The molecule has 0 aliphatic heterocycles. The molecule has 2 aromatic carbocycles. The summed E-state index contributed by atoms with van der Waals surface area (Å²) in [6.07, 6.45) is -0.928. The maximum Gasteiger partial charge on any atom is 0.161 e. The predicted molar refractivity (Wildman–Crippen MR) is 93.9 cm³/mol. The molecule has 0 spiro atoms. The van der Waals surface area contributed by atoms with Gasteiger partial charge in [-0.25, -0.2) is 0 Å². The van der Waals surface area contributed by atoms with E-state index in [2.05, 4.69) is 0 Å². The Kier molecular flexibility index (Phi) is 6.50. The SMILES string of the molecule is COc1ccc([C@H](O)[C@@H](CO)c2ccc(OC)c(OC)c2)cc1OC. The highest BCUT2D eigenvalue weighted by molar-refractivity contribution is 5.46. The minimum absolute atomic E-state index is 0.231. The quantitative estimate of drug-likeness (QED) is 0.763. The van der Waals surface area contributed by atoms with E-state index in [9.17, 15) is 10.2 Å². The van der Waals surface area contributed by atoms with Crippen molar-refractivity contribution in [3.05, 3.63) is 47.5 Å². The van der Waals surface area contributed by atoms with Crippen molar-refractivity contribution in [3.63, 3.8) is 0 Å². The van der Waals surface area contributed by atoms with Gasteiger partial charge in [0.2, 0.25) is 0 Å². The maximum atomic E-state index is 10.8. The molecule has 0 heterocycles. The molecule has 0 fully saturated rings. The van der Waals surface area contributed by atoms with Crippen molar-refractivity contribution in [1.82, 2.24) is 0 Å². The Labute approximate surface area is 147 Å². The van der Waals surface area contributed by atoms with Crippen LogP contribution in [0.2, 0.25) is 0 Å². The first-order valence-corrected chi connectivity index (χ1v) is 7.82. The van der Waals surface area contributed by atoms with Crippen molar-refractivity contribution in [2.24, 2.45) is 0 Å². The van der Waals surface area contributed by atoms with Crippen LogP contribution in [0, 0.1) is 0 Å². The summed E-state index contributed by atoms with van der Waals surface area (Å²) in [6.45, 7) is -0.231. The topological polar surface area (TPSA) is 77.4 Å². The van der Waals surface area contributed by atoms with E-state index >= 15 is 0 Å². The highest BCUT2D eigenvalue weighted by Crippen LogP contribution is 2.38. The van der Waals surface area contributed by atoms with Gasteiger partial charge in [-0.2, -0.15) is 0 Å². The maximum absolute atomic E-state index is 10.8. The molecule has 0 saturated carbocycles. The van der Waals surface area contributed by atoms with Crippen molar-refractivity contribution in [2.45, 2.75) is 12.0 Å². The average molecular weight is 348 g/mol. The highest BCUT2D eigenvalue weighted by atomic mass is 16.5. The molecular formula is C19H24O6. The van der Waals surface area contributed by atoms with E-state index in [1.54, 1.807) is 57.7 Å². The molecule has 0 aliphatic carbocycles. The molecule has 0 bridgehead atoms. The lowest BCUT2D eigenvalue weighted by atomic mass is 9.89. The summed E-state index contributed by atoms with van der Waals surface area (Å²) in [5.41, 5.74) is 1.36. The standard InChI is InChI=1S/C19H24O6/c1-22-15-7-5-12(9-17(15)24-3)14(11-20)19(21)13-6-8-16(23-2)18(10-13)25-4/h5-10,14,19-21H,11H2,1-4H3/t14-,19-/m0/s1. The lowest BCUT2D eigenvalue weighted by Gasteiger charge is -2.23. The first kappa shape index (κ1) is 18.9. The van der Waals surface area contributed by atoms with E-state index < -0.39 is 12.0 Å². The Morgan fingerprint density at radius 3 is 1.60 bits per heavy atom. The second kappa shape index (κ2) is 8.60. The van der Waals surface area contributed by atoms with Gasteiger partial charge >= 0.3 is 0 Å². The van der Waals surface area contributed by atoms with Crippen LogP contribution in [0.15, 0.2) is 36.4 Å². The third-order valence-electron chi connectivity index (χ3n) is 4.16. The molecular weight excluding hydrogens is 324 g/mol. The number of ether oxygens (including phenoxy) is 4. The van der Waals surface area contributed by atoms with E-state index in [1.165, 1.54) is 7.11 Å². The number of aliphatic hydroxyl groups excluding tert-OH is 2. The zero-order valence-corrected chi connectivity index (χ0v) is 14.9. The van der Waals surface area contributed by atoms with Crippen LogP contribution in [0.4, 0.5) is 0 Å². The molecule has 136 valence electrons. The Balaban J connectivity index is 2.37. The zero-order valence-electron chi connectivity index (χ0n) is 14.9. The lowest BCUT2D eigenvalue weighted by molar-refractivity contribution is 0.106. The molecule has 2 rings (SSSR count). The Hall–Kier alpha value is -2.44. The molecule has 2 atom stereocenters. The largest absolute Gasteiger partial charge is 0.493 e. The van der Waals surface area contributed by atoms with Crippen LogP contribution in [-0.2, 0) is 0 Å². The van der Waals surface area contributed by atoms with Crippen LogP contribution in [0.3, 0.4) is 0 Å². The number of hydrogen-bond donors (Lipinski definition) is 2. The van der Waals surface area contributed by atoms with Crippen LogP contribution in [-0.4, -0.2) is 45.3 Å². The summed E-state index contributed by atoms with van der Waals surface area (Å²) in [7, 11) is 6.18. The van der Waals surface area contributed by atoms with Crippen molar-refractivity contribution in [3.8, 4) is 23.0 Å². The number of aliphatic hydroxyl groups is 2. The van der Waals surface area contributed by atoms with Crippen LogP contribution >= 0.6 is 0 Å². The molecule has 0 aromatic heterocycles. The molecule has 0 unspecified atom stereocenters. The van der Waals surface area contributed by atoms with Gasteiger partial charge in [-0.05, 0) is 35.4 Å². The summed E-state index contributed by atoms with van der Waals surface area (Å²) in [5, 5.41) is 20.6. The second-order valence-corrected chi connectivity index (χ2v) is 5.46. The van der Waals surface area contributed by atoms with E-state index in [1.807, 2.05) is 0 Å². The Morgan fingerprint density at radius 2 is 1.16 bits per heavy atom. The third kappa shape index (κ3) is 3.97. The fourth-order valence-corrected chi connectivity index (χ4v) is 2.74. The first-order chi connectivity index (χ1) is 12.1. The van der Waals surface area contributed by atoms with Gasteiger partial charge in [-0.3, -0.25) is 0 Å². The second-order valence-electron chi connectivity index (χ2n) is 5.46. The van der Waals surface area contributed by atoms with Crippen molar-refractivity contribution < 1.29 is 29.2 Å². The van der Waals surface area contributed by atoms with Crippen LogP contribution in [0.5, 0.6) is 23.0 Å². The molecule has 0 amide bonds. The number of benzene rings is 2. The van der Waals surface area contributed by atoms with E-state index in [4.69, 9.17) is 18.9 Å². The van der Waals surface area contributed by atoms with Gasteiger partial charge in [0, 0.05) is 5.92 Å². The van der Waals surface area contributed by atoms with Gasteiger partial charge in [0.25, 0.3) is 0 Å². The third-order valence-corrected chi connectivity index (χ3v) is 4.16. The first-order valence-electron chi connectivity index (χ1n) is 7.82. The summed E-state index contributed by atoms with van der Waals surface area (Å²) in [6, 6.07) is 10.5. The van der Waals surface area contributed by atoms with Gasteiger partial charge in [-0.1, -0.05) is 12.1 Å². The molecule has 0 radical (unpaired) electrons. The lowest BCUT2D eigenvalue weighted by Crippen LogP contribution is -2.15. The van der Waals surface area contributed by atoms with Gasteiger partial charge in [0.1, 0.15) is 0 Å². The summed E-state index contributed by atoms with van der Waals surface area (Å²) < 4.78 is 21.0. The van der Waals surface area contributed by atoms with E-state index in [-0.39, 0.29) is 6.61 Å². The molecule has 0 saturated heterocycles. The van der Waals surface area contributed by atoms with Crippen molar-refractivity contribution >= 4 is 0 Å². The number of rotatable bonds is 8. The van der Waals surface area contributed by atoms with E-state index in [0.29, 0.717) is 28.6 Å². The Bertz CT molecular complexity index is 700. The van der Waals surface area contributed by atoms with Gasteiger partial charge in [-0.15, -0.1) is 0 Å². The molecule has 6 heteroatoms. The van der Waals surface area contributed by atoms with Crippen molar-refractivity contribution in [1.29, 1.82) is 0 Å². The van der Waals surface area contributed by atoms with Crippen LogP contribution < -0.4 is 18.9 Å². The monoisotopic (exact) mass is 348 g/mol. The molecule has 6 nitrogen and oxygen atoms in total. The van der Waals surface area contributed by atoms with Crippen molar-refractivity contribution in [2.75, 3.05) is 35.0 Å². The van der Waals surface area contributed by atoms with Gasteiger partial charge in [0.05, 0.1) is 41.2 Å². The average Bonchev–Trinajstić information content (AvgIpc) is 2.67. The number of methoxy groups -OCH3 is 4. The summed E-state index contributed by atoms with van der Waals surface area (Å²) in [4.78, 5) is 0. The van der Waals surface area contributed by atoms with Gasteiger partial charge < -0.3 is 29.2 Å². The zero-order chi connectivity index (χ0) is 18.4. The van der Waals surface area contributed by atoms with E-state index in [0.717, 1.165) is 5.56 Å². The number of hydrogen-bond acceptors (Lipinski definition) is 6. The highest BCUT2D eigenvalue weighted by Gasteiger charge is 2.24.